The molecule has 0 aliphatic heterocycles. The molecule has 0 radical (unpaired) electrons. The van der Waals surface area contributed by atoms with Gasteiger partial charge in [-0.1, -0.05) is 11.6 Å². The monoisotopic (exact) mass is 250 g/mol. The summed E-state index contributed by atoms with van der Waals surface area (Å²) in [4.78, 5) is 3.97. The van der Waals surface area contributed by atoms with Crippen LogP contribution < -0.4 is 5.73 Å². The third-order valence-electron chi connectivity index (χ3n) is 1.76. The van der Waals surface area contributed by atoms with Crippen LogP contribution in [-0.4, -0.2) is 5.71 Å². The molecule has 0 spiro atoms. The van der Waals surface area contributed by atoms with E-state index in [-0.39, 0.29) is 16.4 Å². The molecule has 0 fully saturated rings. The van der Waals surface area contributed by atoms with Gasteiger partial charge in [-0.25, -0.2) is 0 Å². The van der Waals surface area contributed by atoms with Gasteiger partial charge in [-0.3, -0.25) is 4.99 Å². The zero-order valence-corrected chi connectivity index (χ0v) is 9.45. The van der Waals surface area contributed by atoms with Crippen molar-refractivity contribution in [1.82, 2.24) is 0 Å². The molecular formula is C10H10ClF3N2. The van der Waals surface area contributed by atoms with E-state index in [1.165, 1.54) is 0 Å². The average Bonchev–Trinajstić information content (AvgIpc) is 2.09. The first kappa shape index (κ1) is 12.8. The topological polar surface area (TPSA) is 38.4 Å². The maximum absolute atomic E-state index is 12.4. The van der Waals surface area contributed by atoms with Crippen LogP contribution >= 0.6 is 11.6 Å². The first-order valence-electron chi connectivity index (χ1n) is 4.40. The Kier molecular flexibility index (Phi) is 3.48. The second-order valence-electron chi connectivity index (χ2n) is 3.45. The molecule has 0 unspecified atom stereocenters. The van der Waals surface area contributed by atoms with Crippen molar-refractivity contribution in [2.45, 2.75) is 20.0 Å². The molecule has 0 aliphatic rings. The van der Waals surface area contributed by atoms with E-state index >= 15 is 0 Å². The van der Waals surface area contributed by atoms with Crippen molar-refractivity contribution in [2.24, 2.45) is 4.99 Å². The van der Waals surface area contributed by atoms with Crippen molar-refractivity contribution in [3.8, 4) is 0 Å². The first-order chi connectivity index (χ1) is 7.21. The van der Waals surface area contributed by atoms with E-state index in [0.29, 0.717) is 5.71 Å². The molecule has 1 aromatic carbocycles. The summed E-state index contributed by atoms with van der Waals surface area (Å²) in [6.45, 7) is 3.40. The average molecular weight is 251 g/mol. The molecule has 0 atom stereocenters. The zero-order valence-electron chi connectivity index (χ0n) is 8.69. The standard InChI is InChI=1S/C10H10ClF3N2/c1-5(2)16-9-7(11)3-6(4-8(9)15)10(12,13)14/h3-4H,15H2,1-2H3. The van der Waals surface area contributed by atoms with Crippen molar-refractivity contribution in [3.05, 3.63) is 22.7 Å². The Morgan fingerprint density at radius 2 is 1.88 bits per heavy atom. The van der Waals surface area contributed by atoms with E-state index in [1.54, 1.807) is 13.8 Å². The highest BCUT2D eigenvalue weighted by atomic mass is 35.5. The van der Waals surface area contributed by atoms with Crippen LogP contribution in [-0.2, 0) is 6.18 Å². The maximum Gasteiger partial charge on any atom is 0.416 e. The van der Waals surface area contributed by atoms with Crippen LogP contribution in [0.4, 0.5) is 24.5 Å². The van der Waals surface area contributed by atoms with Gasteiger partial charge in [0.2, 0.25) is 0 Å². The van der Waals surface area contributed by atoms with E-state index in [1.807, 2.05) is 0 Å². The minimum absolute atomic E-state index is 0.0824. The van der Waals surface area contributed by atoms with Crippen molar-refractivity contribution in [2.75, 3.05) is 5.73 Å². The van der Waals surface area contributed by atoms with Crippen LogP contribution in [0.3, 0.4) is 0 Å². The number of nitrogens with zero attached hydrogens (tertiary/aromatic N) is 1. The lowest BCUT2D eigenvalue weighted by atomic mass is 10.1. The zero-order chi connectivity index (χ0) is 12.5. The van der Waals surface area contributed by atoms with Gasteiger partial charge in [-0.2, -0.15) is 13.2 Å². The van der Waals surface area contributed by atoms with Crippen LogP contribution in [0, 0.1) is 0 Å². The van der Waals surface area contributed by atoms with Gasteiger partial charge in [0.05, 0.1) is 16.3 Å². The molecule has 0 saturated heterocycles. The Bertz CT molecular complexity index is 411. The number of nitrogens with two attached hydrogens (primary N) is 1. The molecule has 0 heterocycles. The maximum atomic E-state index is 12.4. The summed E-state index contributed by atoms with van der Waals surface area (Å²) < 4.78 is 37.2. The number of hydrogen-bond donors (Lipinski definition) is 1. The quantitative estimate of drug-likeness (QED) is 0.593. The third-order valence-corrected chi connectivity index (χ3v) is 2.04. The number of nitrogen functional groups attached to an aromatic ring is 1. The summed E-state index contributed by atoms with van der Waals surface area (Å²) in [6, 6.07) is 1.65. The van der Waals surface area contributed by atoms with Crippen molar-refractivity contribution in [1.29, 1.82) is 0 Å². The minimum Gasteiger partial charge on any atom is -0.397 e. The van der Waals surface area contributed by atoms with Crippen LogP contribution in [0.5, 0.6) is 0 Å². The largest absolute Gasteiger partial charge is 0.416 e. The highest BCUT2D eigenvalue weighted by Gasteiger charge is 2.31. The van der Waals surface area contributed by atoms with Gasteiger partial charge in [0.25, 0.3) is 0 Å². The van der Waals surface area contributed by atoms with Crippen LogP contribution in [0.15, 0.2) is 17.1 Å². The van der Waals surface area contributed by atoms with Crippen LogP contribution in [0.1, 0.15) is 19.4 Å². The van der Waals surface area contributed by atoms with E-state index in [4.69, 9.17) is 17.3 Å². The molecule has 2 N–H and O–H groups in total. The van der Waals surface area contributed by atoms with Crippen molar-refractivity contribution in [3.63, 3.8) is 0 Å². The fourth-order valence-electron chi connectivity index (χ4n) is 1.13. The van der Waals surface area contributed by atoms with Gasteiger partial charge in [-0.05, 0) is 26.0 Å². The smallest absolute Gasteiger partial charge is 0.397 e. The second-order valence-corrected chi connectivity index (χ2v) is 3.86. The van der Waals surface area contributed by atoms with Gasteiger partial charge in [0, 0.05) is 5.71 Å². The number of hydrogen-bond acceptors (Lipinski definition) is 2. The Labute approximate surface area is 95.9 Å². The van der Waals surface area contributed by atoms with Gasteiger partial charge < -0.3 is 5.73 Å². The molecule has 0 saturated carbocycles. The van der Waals surface area contributed by atoms with Crippen molar-refractivity contribution < 1.29 is 13.2 Å². The predicted octanol–water partition coefficient (Wildman–Crippen LogP) is 4.05. The molecule has 2 nitrogen and oxygen atoms in total. The normalized spacial score (nSPS) is 11.4. The fourth-order valence-corrected chi connectivity index (χ4v) is 1.39. The second kappa shape index (κ2) is 4.33. The molecule has 1 rings (SSSR count). The Morgan fingerprint density at radius 1 is 1.31 bits per heavy atom. The minimum atomic E-state index is -4.46. The number of rotatable bonds is 1. The highest BCUT2D eigenvalue weighted by molar-refractivity contribution is 6.33. The molecule has 0 aromatic heterocycles. The SMILES string of the molecule is CC(C)=Nc1c(N)cc(C(F)(F)F)cc1Cl. The highest BCUT2D eigenvalue weighted by Crippen LogP contribution is 2.38. The molecule has 0 aliphatic carbocycles. The van der Waals surface area contributed by atoms with E-state index < -0.39 is 11.7 Å². The Balaban J connectivity index is 3.34. The number of aliphatic imine (C=N–C) groups is 1. The summed E-state index contributed by atoms with van der Waals surface area (Å²) >= 11 is 5.70. The number of anilines is 1. The molecule has 88 valence electrons. The molecule has 6 heteroatoms. The van der Waals surface area contributed by atoms with Gasteiger partial charge >= 0.3 is 6.18 Å². The van der Waals surface area contributed by atoms with Gasteiger partial charge in [0.15, 0.2) is 0 Å². The fraction of sp³-hybridized carbons (Fsp3) is 0.300. The third kappa shape index (κ3) is 2.88. The number of halogens is 4. The van der Waals surface area contributed by atoms with Crippen molar-refractivity contribution >= 4 is 28.7 Å². The Morgan fingerprint density at radius 3 is 2.25 bits per heavy atom. The summed E-state index contributed by atoms with van der Waals surface area (Å²) in [5, 5.41) is -0.103. The van der Waals surface area contributed by atoms with E-state index in [0.717, 1.165) is 12.1 Å². The first-order valence-corrected chi connectivity index (χ1v) is 4.77. The predicted molar refractivity (Wildman–Crippen MR) is 59.3 cm³/mol. The summed E-state index contributed by atoms with van der Waals surface area (Å²) in [6.07, 6.45) is -4.46. The van der Waals surface area contributed by atoms with E-state index in [2.05, 4.69) is 4.99 Å². The lowest BCUT2D eigenvalue weighted by molar-refractivity contribution is -0.137. The number of alkyl halides is 3. The lowest BCUT2D eigenvalue weighted by Crippen LogP contribution is -2.05. The van der Waals surface area contributed by atoms with Gasteiger partial charge in [0.1, 0.15) is 5.69 Å². The summed E-state index contributed by atoms with van der Waals surface area (Å²) in [5.74, 6) is 0. The van der Waals surface area contributed by atoms with E-state index in [9.17, 15) is 13.2 Å². The molecule has 16 heavy (non-hydrogen) atoms. The van der Waals surface area contributed by atoms with Crippen LogP contribution in [0.2, 0.25) is 5.02 Å². The molecule has 0 bridgehead atoms. The van der Waals surface area contributed by atoms with Gasteiger partial charge in [-0.15, -0.1) is 0 Å². The number of benzene rings is 1. The lowest BCUT2D eigenvalue weighted by Gasteiger charge is -2.10. The molecular weight excluding hydrogens is 241 g/mol. The summed E-state index contributed by atoms with van der Waals surface area (Å²) in [7, 11) is 0. The van der Waals surface area contributed by atoms with Crippen LogP contribution in [0.25, 0.3) is 0 Å². The summed E-state index contributed by atoms with van der Waals surface area (Å²) in [5.41, 5.74) is 5.36. The molecule has 0 amide bonds. The Hall–Kier alpha value is -1.23. The molecule has 1 aromatic rings.